The van der Waals surface area contributed by atoms with Crippen molar-refractivity contribution in [2.45, 2.75) is 6.92 Å². The Morgan fingerprint density at radius 3 is 1.85 bits per heavy atom. The Kier molecular flexibility index (Phi) is 3.74. The number of aryl methyl sites for hydroxylation is 1. The van der Waals surface area contributed by atoms with Crippen LogP contribution in [0.15, 0.2) is 36.4 Å². The van der Waals surface area contributed by atoms with Gasteiger partial charge < -0.3 is 21.3 Å². The van der Waals surface area contributed by atoms with Gasteiger partial charge in [-0.15, -0.1) is 0 Å². The fourth-order valence-electron chi connectivity index (χ4n) is 2.37. The van der Waals surface area contributed by atoms with Crippen LogP contribution in [0.2, 0.25) is 0 Å². The number of nitrogen functional groups attached to an aromatic ring is 2. The number of anilines is 5. The van der Waals surface area contributed by atoms with Crippen molar-refractivity contribution in [2.24, 2.45) is 0 Å². The predicted octanol–water partition coefficient (Wildman–Crippen LogP) is 2.99. The topological polar surface area (TPSA) is 58.5 Å². The van der Waals surface area contributed by atoms with E-state index in [0.29, 0.717) is 0 Å². The van der Waals surface area contributed by atoms with Gasteiger partial charge in [-0.3, -0.25) is 0 Å². The van der Waals surface area contributed by atoms with Crippen LogP contribution in [-0.4, -0.2) is 21.1 Å². The molecular weight excluding hydrogens is 248 g/mol. The second kappa shape index (κ2) is 5.33. The second-order valence-electron chi connectivity index (χ2n) is 5.25. The lowest BCUT2D eigenvalue weighted by Crippen LogP contribution is -2.17. The Hall–Kier alpha value is -2.36. The Labute approximate surface area is 120 Å². The molecule has 4 nitrogen and oxygen atoms in total. The molecule has 0 fully saturated rings. The first kappa shape index (κ1) is 14.1. The van der Waals surface area contributed by atoms with Gasteiger partial charge in [0, 0.05) is 38.2 Å². The third kappa shape index (κ3) is 2.64. The smallest absolute Gasteiger partial charge is 0.0666 e. The first-order chi connectivity index (χ1) is 9.40. The zero-order valence-electron chi connectivity index (χ0n) is 12.5. The number of nitrogens with two attached hydrogens (primary N) is 2. The summed E-state index contributed by atoms with van der Waals surface area (Å²) in [5.41, 5.74) is 17.7. The molecule has 106 valence electrons. The van der Waals surface area contributed by atoms with Crippen LogP contribution >= 0.6 is 0 Å². The quantitative estimate of drug-likeness (QED) is 0.842. The van der Waals surface area contributed by atoms with Crippen LogP contribution in [-0.2, 0) is 0 Å². The van der Waals surface area contributed by atoms with E-state index in [-0.39, 0.29) is 0 Å². The van der Waals surface area contributed by atoms with Crippen LogP contribution in [0, 0.1) is 6.92 Å². The SMILES string of the molecule is Cc1cc(N)ccc1N(C)c1cc(N)ccc1N(C)C. The van der Waals surface area contributed by atoms with Crippen molar-refractivity contribution in [1.29, 1.82) is 0 Å². The molecule has 2 aromatic rings. The van der Waals surface area contributed by atoms with Crippen LogP contribution in [0.1, 0.15) is 5.56 Å². The Morgan fingerprint density at radius 2 is 1.30 bits per heavy atom. The molecular formula is C16H22N4. The van der Waals surface area contributed by atoms with E-state index in [9.17, 15) is 0 Å². The molecule has 20 heavy (non-hydrogen) atoms. The van der Waals surface area contributed by atoms with Gasteiger partial charge in [-0.05, 0) is 48.9 Å². The van der Waals surface area contributed by atoms with Gasteiger partial charge in [0.25, 0.3) is 0 Å². The van der Waals surface area contributed by atoms with Gasteiger partial charge >= 0.3 is 0 Å². The molecule has 0 aliphatic heterocycles. The maximum atomic E-state index is 5.94. The molecule has 0 unspecified atom stereocenters. The van der Waals surface area contributed by atoms with E-state index >= 15 is 0 Å². The summed E-state index contributed by atoms with van der Waals surface area (Å²) < 4.78 is 0. The number of hydrogen-bond acceptors (Lipinski definition) is 4. The van der Waals surface area contributed by atoms with Crippen molar-refractivity contribution < 1.29 is 0 Å². The summed E-state index contributed by atoms with van der Waals surface area (Å²) in [6, 6.07) is 11.9. The first-order valence-corrected chi connectivity index (χ1v) is 6.57. The standard InChI is InChI=1S/C16H22N4/c1-11-9-12(17)5-7-14(11)20(4)16-10-13(18)6-8-15(16)19(2)3/h5-10H,17-18H2,1-4H3. The minimum absolute atomic E-state index is 0.755. The Balaban J connectivity index is 2.52. The third-order valence-electron chi connectivity index (χ3n) is 3.42. The van der Waals surface area contributed by atoms with Gasteiger partial charge in [-0.25, -0.2) is 0 Å². The maximum absolute atomic E-state index is 5.94. The van der Waals surface area contributed by atoms with Crippen LogP contribution in [0.25, 0.3) is 0 Å². The monoisotopic (exact) mass is 270 g/mol. The Bertz CT molecular complexity index is 620. The number of nitrogens with zero attached hydrogens (tertiary/aromatic N) is 2. The highest BCUT2D eigenvalue weighted by Gasteiger charge is 2.13. The van der Waals surface area contributed by atoms with Crippen molar-refractivity contribution in [3.63, 3.8) is 0 Å². The summed E-state index contributed by atoms with van der Waals surface area (Å²) >= 11 is 0. The maximum Gasteiger partial charge on any atom is 0.0666 e. The van der Waals surface area contributed by atoms with Crippen LogP contribution in [0.5, 0.6) is 0 Å². The highest BCUT2D eigenvalue weighted by molar-refractivity contribution is 5.80. The molecule has 0 saturated heterocycles. The van der Waals surface area contributed by atoms with Crippen LogP contribution in [0.4, 0.5) is 28.4 Å². The van der Waals surface area contributed by atoms with E-state index in [1.165, 1.54) is 0 Å². The molecule has 0 spiro atoms. The van der Waals surface area contributed by atoms with E-state index in [2.05, 4.69) is 16.7 Å². The molecule has 4 N–H and O–H groups in total. The zero-order chi connectivity index (χ0) is 14.9. The average Bonchev–Trinajstić information content (AvgIpc) is 2.37. The summed E-state index contributed by atoms with van der Waals surface area (Å²) in [6.45, 7) is 2.06. The lowest BCUT2D eigenvalue weighted by Gasteiger charge is -2.27. The third-order valence-corrected chi connectivity index (χ3v) is 3.42. The largest absolute Gasteiger partial charge is 0.399 e. The number of rotatable bonds is 3. The average molecular weight is 270 g/mol. The fourth-order valence-corrected chi connectivity index (χ4v) is 2.37. The predicted molar refractivity (Wildman–Crippen MR) is 88.8 cm³/mol. The minimum Gasteiger partial charge on any atom is -0.399 e. The van der Waals surface area contributed by atoms with Gasteiger partial charge in [0.05, 0.1) is 11.4 Å². The van der Waals surface area contributed by atoms with Gasteiger partial charge in [0.2, 0.25) is 0 Å². The van der Waals surface area contributed by atoms with Crippen molar-refractivity contribution >= 4 is 28.4 Å². The lowest BCUT2D eigenvalue weighted by atomic mass is 10.1. The minimum atomic E-state index is 0.755. The number of benzene rings is 2. The van der Waals surface area contributed by atoms with Crippen molar-refractivity contribution in [3.05, 3.63) is 42.0 Å². The van der Waals surface area contributed by atoms with Crippen molar-refractivity contribution in [3.8, 4) is 0 Å². The zero-order valence-corrected chi connectivity index (χ0v) is 12.5. The molecule has 2 rings (SSSR count). The highest BCUT2D eigenvalue weighted by Crippen LogP contribution is 2.35. The normalized spacial score (nSPS) is 10.4. The van der Waals surface area contributed by atoms with Gasteiger partial charge in [0.1, 0.15) is 0 Å². The second-order valence-corrected chi connectivity index (χ2v) is 5.25. The highest BCUT2D eigenvalue weighted by atomic mass is 15.2. The molecule has 0 aliphatic rings. The van der Waals surface area contributed by atoms with Crippen molar-refractivity contribution in [2.75, 3.05) is 42.4 Å². The molecule has 0 saturated carbocycles. The van der Waals surface area contributed by atoms with Crippen LogP contribution < -0.4 is 21.3 Å². The summed E-state index contributed by atoms with van der Waals surface area (Å²) in [7, 11) is 6.09. The lowest BCUT2D eigenvalue weighted by molar-refractivity contribution is 1.10. The van der Waals surface area contributed by atoms with Crippen LogP contribution in [0.3, 0.4) is 0 Å². The summed E-state index contributed by atoms with van der Waals surface area (Å²) in [4.78, 5) is 4.22. The molecule has 0 heterocycles. The van der Waals surface area contributed by atoms with E-state index in [0.717, 1.165) is 34.0 Å². The van der Waals surface area contributed by atoms with Gasteiger partial charge in [-0.2, -0.15) is 0 Å². The summed E-state index contributed by atoms with van der Waals surface area (Å²) in [6.07, 6.45) is 0. The molecule has 0 aliphatic carbocycles. The molecule has 0 radical (unpaired) electrons. The molecule has 2 aromatic carbocycles. The van der Waals surface area contributed by atoms with Crippen molar-refractivity contribution in [1.82, 2.24) is 0 Å². The van der Waals surface area contributed by atoms with E-state index < -0.39 is 0 Å². The van der Waals surface area contributed by atoms with E-state index in [1.54, 1.807) is 0 Å². The molecule has 0 atom stereocenters. The van der Waals surface area contributed by atoms with E-state index in [4.69, 9.17) is 11.5 Å². The number of hydrogen-bond donors (Lipinski definition) is 2. The fraction of sp³-hybridized carbons (Fsp3) is 0.250. The van der Waals surface area contributed by atoms with Gasteiger partial charge in [0.15, 0.2) is 0 Å². The van der Waals surface area contributed by atoms with Gasteiger partial charge in [-0.1, -0.05) is 0 Å². The van der Waals surface area contributed by atoms with E-state index in [1.807, 2.05) is 57.5 Å². The molecule has 4 heteroatoms. The molecule has 0 amide bonds. The summed E-state index contributed by atoms with van der Waals surface area (Å²) in [5.74, 6) is 0. The Morgan fingerprint density at radius 1 is 0.750 bits per heavy atom. The first-order valence-electron chi connectivity index (χ1n) is 6.57. The summed E-state index contributed by atoms with van der Waals surface area (Å²) in [5, 5.41) is 0. The molecule has 0 bridgehead atoms. The molecule has 0 aromatic heterocycles.